The third-order valence-electron chi connectivity index (χ3n) is 8.39. The van der Waals surface area contributed by atoms with Gasteiger partial charge in [-0.15, -0.1) is 0 Å². The molecule has 0 aliphatic carbocycles. The highest BCUT2D eigenvalue weighted by atomic mass is 16.5. The summed E-state index contributed by atoms with van der Waals surface area (Å²) in [6.07, 6.45) is 27.0. The zero-order valence-corrected chi connectivity index (χ0v) is 25.5. The Labute approximate surface area is 239 Å². The van der Waals surface area contributed by atoms with E-state index in [-0.39, 0.29) is 0 Å². The van der Waals surface area contributed by atoms with Crippen LogP contribution in [0.25, 0.3) is 21.8 Å². The molecule has 0 atom stereocenters. The molecule has 2 aromatic carbocycles. The highest BCUT2D eigenvalue weighted by Gasteiger charge is 2.13. The van der Waals surface area contributed by atoms with Crippen molar-refractivity contribution in [1.82, 2.24) is 4.57 Å². The van der Waals surface area contributed by atoms with Gasteiger partial charge in [-0.25, -0.2) is 0 Å². The van der Waals surface area contributed by atoms with Crippen molar-refractivity contribution in [3.63, 3.8) is 0 Å². The molecule has 0 amide bonds. The second-order valence-electron chi connectivity index (χ2n) is 11.8. The lowest BCUT2D eigenvalue weighted by Gasteiger charge is -2.12. The van der Waals surface area contributed by atoms with Crippen LogP contribution < -0.4 is 10.5 Å². The van der Waals surface area contributed by atoms with Gasteiger partial charge < -0.3 is 15.0 Å². The fourth-order valence-corrected chi connectivity index (χ4v) is 5.99. The van der Waals surface area contributed by atoms with Crippen molar-refractivity contribution in [1.29, 1.82) is 0 Å². The van der Waals surface area contributed by atoms with E-state index in [1.807, 2.05) is 0 Å². The first-order valence-electron chi connectivity index (χ1n) is 16.7. The molecule has 0 aliphatic rings. The van der Waals surface area contributed by atoms with E-state index >= 15 is 0 Å². The minimum absolute atomic E-state index is 0.755. The Morgan fingerprint density at radius 2 is 1.08 bits per heavy atom. The van der Waals surface area contributed by atoms with Gasteiger partial charge in [0.25, 0.3) is 0 Å². The Bertz CT molecular complexity index is 1050. The second-order valence-corrected chi connectivity index (χ2v) is 11.8. The highest BCUT2D eigenvalue weighted by Crippen LogP contribution is 2.35. The lowest BCUT2D eigenvalue weighted by Crippen LogP contribution is -2.02. The number of nitrogens with zero attached hydrogens (tertiary/aromatic N) is 1. The molecule has 0 saturated carbocycles. The lowest BCUT2D eigenvalue weighted by molar-refractivity contribution is 0.306. The molecule has 3 nitrogen and oxygen atoms in total. The standard InChI is InChI=1S/C36H58N2O/c1-3-5-7-9-11-13-15-17-19-23-27-38-34-26-22-21-25-31(34)32-29-33(37)36(30-35(32)38)39-28-24-20-18-16-14-12-10-8-6-4-2/h21-22,25-26,29-30H,3-20,23-24,27-28,37H2,1-2H3. The smallest absolute Gasteiger partial charge is 0.144 e. The maximum absolute atomic E-state index is 6.49. The Kier molecular flexibility index (Phi) is 15.3. The number of para-hydroxylation sites is 1. The van der Waals surface area contributed by atoms with Crippen molar-refractivity contribution in [2.24, 2.45) is 0 Å². The van der Waals surface area contributed by atoms with Gasteiger partial charge in [-0.3, -0.25) is 0 Å². The average Bonchev–Trinajstić information content (AvgIpc) is 3.25. The Hall–Kier alpha value is -2.16. The van der Waals surface area contributed by atoms with Gasteiger partial charge in [0.2, 0.25) is 0 Å². The number of benzene rings is 2. The molecule has 2 N–H and O–H groups in total. The monoisotopic (exact) mass is 534 g/mol. The van der Waals surface area contributed by atoms with Crippen LogP contribution in [-0.2, 0) is 6.54 Å². The number of fused-ring (bicyclic) bond motifs is 3. The van der Waals surface area contributed by atoms with Crippen molar-refractivity contribution in [2.45, 2.75) is 149 Å². The van der Waals surface area contributed by atoms with Gasteiger partial charge in [0.15, 0.2) is 0 Å². The van der Waals surface area contributed by atoms with Crippen LogP contribution in [0.4, 0.5) is 5.69 Å². The summed E-state index contributed by atoms with van der Waals surface area (Å²) >= 11 is 0. The largest absolute Gasteiger partial charge is 0.491 e. The quantitative estimate of drug-likeness (QED) is 0.0970. The molecule has 1 aromatic heterocycles. The van der Waals surface area contributed by atoms with Crippen LogP contribution in [0.15, 0.2) is 36.4 Å². The zero-order valence-electron chi connectivity index (χ0n) is 25.5. The molecule has 0 saturated heterocycles. The van der Waals surface area contributed by atoms with Crippen LogP contribution in [0, 0.1) is 0 Å². The molecule has 0 aliphatic heterocycles. The summed E-state index contributed by atoms with van der Waals surface area (Å²) in [7, 11) is 0. The van der Waals surface area contributed by atoms with Gasteiger partial charge in [-0.05, 0) is 25.0 Å². The summed E-state index contributed by atoms with van der Waals surface area (Å²) in [5, 5.41) is 2.55. The maximum Gasteiger partial charge on any atom is 0.144 e. The van der Waals surface area contributed by atoms with Gasteiger partial charge >= 0.3 is 0 Å². The normalized spacial score (nSPS) is 11.6. The lowest BCUT2D eigenvalue weighted by atomic mass is 10.1. The zero-order chi connectivity index (χ0) is 27.5. The predicted molar refractivity (Wildman–Crippen MR) is 173 cm³/mol. The number of unbranched alkanes of at least 4 members (excludes halogenated alkanes) is 18. The second kappa shape index (κ2) is 19.0. The topological polar surface area (TPSA) is 40.2 Å². The van der Waals surface area contributed by atoms with E-state index in [2.05, 4.69) is 54.8 Å². The first-order chi connectivity index (χ1) is 19.3. The summed E-state index contributed by atoms with van der Waals surface area (Å²) < 4.78 is 8.74. The molecular weight excluding hydrogens is 476 g/mol. The van der Waals surface area contributed by atoms with Crippen molar-refractivity contribution in [2.75, 3.05) is 12.3 Å². The van der Waals surface area contributed by atoms with E-state index in [4.69, 9.17) is 10.5 Å². The average molecular weight is 535 g/mol. The minimum Gasteiger partial charge on any atom is -0.491 e. The summed E-state index contributed by atoms with van der Waals surface area (Å²) in [6.45, 7) is 6.39. The SMILES string of the molecule is CCCCCCCCCCCCOc1cc2c(cc1N)c1ccccc1n2CCCCCCCCCCCC. The van der Waals surface area contributed by atoms with Crippen LogP contribution in [-0.4, -0.2) is 11.2 Å². The molecule has 3 rings (SSSR count). The van der Waals surface area contributed by atoms with Crippen molar-refractivity contribution in [3.05, 3.63) is 36.4 Å². The minimum atomic E-state index is 0.755. The number of aryl methyl sites for hydroxylation is 1. The first kappa shape index (κ1) is 31.4. The fraction of sp³-hybridized carbons (Fsp3) is 0.667. The Balaban J connectivity index is 1.46. The van der Waals surface area contributed by atoms with Crippen molar-refractivity contribution in [3.8, 4) is 5.75 Å². The van der Waals surface area contributed by atoms with Crippen LogP contribution >= 0.6 is 0 Å². The third-order valence-corrected chi connectivity index (χ3v) is 8.39. The van der Waals surface area contributed by atoms with Crippen LogP contribution in [0.2, 0.25) is 0 Å². The van der Waals surface area contributed by atoms with Gasteiger partial charge in [0.05, 0.1) is 17.8 Å². The van der Waals surface area contributed by atoms with Gasteiger partial charge in [-0.1, -0.05) is 148 Å². The number of hydrogen-bond donors (Lipinski definition) is 1. The molecule has 0 radical (unpaired) electrons. The van der Waals surface area contributed by atoms with E-state index in [0.29, 0.717) is 0 Å². The molecule has 1 heterocycles. The highest BCUT2D eigenvalue weighted by molar-refractivity contribution is 6.09. The van der Waals surface area contributed by atoms with Gasteiger partial charge in [-0.2, -0.15) is 0 Å². The van der Waals surface area contributed by atoms with E-state index in [9.17, 15) is 0 Å². The van der Waals surface area contributed by atoms with Crippen molar-refractivity contribution >= 4 is 27.5 Å². The van der Waals surface area contributed by atoms with E-state index in [1.165, 1.54) is 144 Å². The van der Waals surface area contributed by atoms with E-state index in [0.717, 1.165) is 31.0 Å². The molecule has 3 aromatic rings. The molecule has 0 bridgehead atoms. The summed E-state index contributed by atoms with van der Waals surface area (Å²) in [5.74, 6) is 0.852. The maximum atomic E-state index is 6.49. The molecule has 218 valence electrons. The molecule has 0 spiro atoms. The summed E-state index contributed by atoms with van der Waals surface area (Å²) in [5.41, 5.74) is 9.83. The summed E-state index contributed by atoms with van der Waals surface area (Å²) in [4.78, 5) is 0. The molecule has 3 heteroatoms. The number of rotatable bonds is 23. The van der Waals surface area contributed by atoms with Crippen LogP contribution in [0.5, 0.6) is 5.75 Å². The number of aromatic nitrogens is 1. The summed E-state index contributed by atoms with van der Waals surface area (Å²) in [6, 6.07) is 13.1. The molecular formula is C36H58N2O. The number of nitrogens with two attached hydrogens (primary N) is 1. The Morgan fingerprint density at radius 3 is 1.67 bits per heavy atom. The third kappa shape index (κ3) is 10.7. The molecule has 0 fully saturated rings. The number of nitrogen functional groups attached to an aromatic ring is 1. The number of hydrogen-bond acceptors (Lipinski definition) is 2. The first-order valence-corrected chi connectivity index (χ1v) is 16.7. The number of ether oxygens (including phenoxy) is 1. The molecule has 0 unspecified atom stereocenters. The van der Waals surface area contributed by atoms with Gasteiger partial charge in [0.1, 0.15) is 5.75 Å². The van der Waals surface area contributed by atoms with Crippen LogP contribution in [0.3, 0.4) is 0 Å². The number of anilines is 1. The fourth-order valence-electron chi connectivity index (χ4n) is 5.99. The van der Waals surface area contributed by atoms with Gasteiger partial charge in [0, 0.05) is 28.9 Å². The predicted octanol–water partition coefficient (Wildman–Crippen LogP) is 11.6. The van der Waals surface area contributed by atoms with E-state index < -0.39 is 0 Å². The van der Waals surface area contributed by atoms with Crippen molar-refractivity contribution < 1.29 is 4.74 Å². The molecule has 39 heavy (non-hydrogen) atoms. The van der Waals surface area contributed by atoms with E-state index in [1.54, 1.807) is 0 Å². The Morgan fingerprint density at radius 1 is 0.564 bits per heavy atom. The van der Waals surface area contributed by atoms with Crippen LogP contribution in [0.1, 0.15) is 142 Å².